The third kappa shape index (κ3) is 3.46. The fraction of sp³-hybridized carbons (Fsp3) is 0.105. The van der Waals surface area contributed by atoms with Crippen LogP contribution in [-0.4, -0.2) is 12.7 Å². The number of hydrogen-bond donors (Lipinski definition) is 1. The fourth-order valence-electron chi connectivity index (χ4n) is 2.43. The maximum absolute atomic E-state index is 12.9. The summed E-state index contributed by atoms with van der Waals surface area (Å²) in [5.74, 6) is 1.63. The Morgan fingerprint density at radius 3 is 2.69 bits per heavy atom. The molecule has 0 unspecified atom stereocenters. The minimum Gasteiger partial charge on any atom is -0.486 e. The van der Waals surface area contributed by atoms with Gasteiger partial charge in [0.2, 0.25) is 6.79 Å². The molecule has 1 aromatic heterocycles. The Morgan fingerprint density at radius 1 is 1.04 bits per heavy atom. The number of benzene rings is 2. The van der Waals surface area contributed by atoms with Gasteiger partial charge in [0, 0.05) is 11.8 Å². The van der Waals surface area contributed by atoms with Gasteiger partial charge in [0.1, 0.15) is 23.9 Å². The molecule has 2 aromatic carbocycles. The van der Waals surface area contributed by atoms with Crippen LogP contribution in [0.5, 0.6) is 17.2 Å². The number of fused-ring (bicyclic) bond motifs is 1. The molecule has 1 N–H and O–H groups in total. The van der Waals surface area contributed by atoms with Gasteiger partial charge in [-0.3, -0.25) is 4.79 Å². The average molecular weight is 355 g/mol. The molecule has 1 aliphatic rings. The Morgan fingerprint density at radius 2 is 1.85 bits per heavy atom. The monoisotopic (exact) mass is 355 g/mol. The number of anilines is 1. The Kier molecular flexibility index (Phi) is 4.18. The topological polar surface area (TPSA) is 69.9 Å². The molecule has 6 nitrogen and oxygen atoms in total. The van der Waals surface area contributed by atoms with Crippen LogP contribution in [0.1, 0.15) is 16.3 Å². The molecule has 0 spiro atoms. The lowest BCUT2D eigenvalue weighted by Gasteiger charge is -2.05. The number of carbonyl (C=O) groups is 1. The van der Waals surface area contributed by atoms with Gasteiger partial charge < -0.3 is 23.9 Å². The lowest BCUT2D eigenvalue weighted by Crippen LogP contribution is -2.10. The first-order valence-corrected chi connectivity index (χ1v) is 7.85. The van der Waals surface area contributed by atoms with Crippen LogP contribution in [0, 0.1) is 5.82 Å². The third-order valence-electron chi connectivity index (χ3n) is 3.71. The second-order valence-corrected chi connectivity index (χ2v) is 5.53. The first-order valence-electron chi connectivity index (χ1n) is 7.85. The van der Waals surface area contributed by atoms with Crippen LogP contribution in [0.25, 0.3) is 0 Å². The highest BCUT2D eigenvalue weighted by molar-refractivity contribution is 6.02. The van der Waals surface area contributed by atoms with E-state index in [-0.39, 0.29) is 25.0 Å². The van der Waals surface area contributed by atoms with Crippen LogP contribution < -0.4 is 19.5 Å². The number of halogens is 1. The predicted molar refractivity (Wildman–Crippen MR) is 90.0 cm³/mol. The van der Waals surface area contributed by atoms with Crippen molar-refractivity contribution >= 4 is 11.6 Å². The van der Waals surface area contributed by atoms with E-state index < -0.39 is 5.91 Å². The van der Waals surface area contributed by atoms with Gasteiger partial charge in [-0.25, -0.2) is 4.39 Å². The summed E-state index contributed by atoms with van der Waals surface area (Å²) in [5, 5.41) is 2.73. The van der Waals surface area contributed by atoms with Crippen molar-refractivity contribution in [3.8, 4) is 17.2 Å². The molecule has 0 fully saturated rings. The Balaban J connectivity index is 1.37. The molecule has 4 rings (SSSR count). The quantitative estimate of drug-likeness (QED) is 0.750. The number of nitrogens with one attached hydrogen (secondary N) is 1. The molecule has 26 heavy (non-hydrogen) atoms. The summed E-state index contributed by atoms with van der Waals surface area (Å²) in [7, 11) is 0. The first-order chi connectivity index (χ1) is 12.7. The summed E-state index contributed by atoms with van der Waals surface area (Å²) in [6, 6.07) is 14.0. The largest absolute Gasteiger partial charge is 0.486 e. The highest BCUT2D eigenvalue weighted by Crippen LogP contribution is 2.34. The van der Waals surface area contributed by atoms with E-state index in [0.717, 1.165) is 0 Å². The van der Waals surface area contributed by atoms with Gasteiger partial charge in [0.25, 0.3) is 5.91 Å². The maximum atomic E-state index is 12.9. The lowest BCUT2D eigenvalue weighted by atomic mass is 10.2. The smallest absolute Gasteiger partial charge is 0.291 e. The molecule has 0 radical (unpaired) electrons. The van der Waals surface area contributed by atoms with Gasteiger partial charge in [-0.05, 0) is 48.5 Å². The molecule has 0 bridgehead atoms. The summed E-state index contributed by atoms with van der Waals surface area (Å²) in [6.07, 6.45) is 0. The maximum Gasteiger partial charge on any atom is 0.291 e. The number of amides is 1. The standard InChI is InChI=1S/C19H14FNO5/c20-12-1-4-14(5-2-12)23-10-15-6-8-17(26-15)19(22)21-13-3-7-16-18(9-13)25-11-24-16/h1-9H,10-11H2,(H,21,22). The SMILES string of the molecule is O=C(Nc1ccc2c(c1)OCO2)c1ccc(COc2ccc(F)cc2)o1. The predicted octanol–water partition coefficient (Wildman–Crippen LogP) is 3.98. The number of rotatable bonds is 5. The van der Waals surface area contributed by atoms with E-state index in [9.17, 15) is 9.18 Å². The van der Waals surface area contributed by atoms with Gasteiger partial charge >= 0.3 is 0 Å². The van der Waals surface area contributed by atoms with Crippen molar-refractivity contribution in [2.24, 2.45) is 0 Å². The molecule has 0 saturated heterocycles. The summed E-state index contributed by atoms with van der Waals surface area (Å²) in [4.78, 5) is 12.3. The molecule has 0 saturated carbocycles. The van der Waals surface area contributed by atoms with Crippen molar-refractivity contribution in [2.45, 2.75) is 6.61 Å². The van der Waals surface area contributed by atoms with E-state index in [1.165, 1.54) is 24.3 Å². The Labute approximate surface area is 148 Å². The van der Waals surface area contributed by atoms with Gasteiger partial charge in [-0.2, -0.15) is 0 Å². The summed E-state index contributed by atoms with van der Waals surface area (Å²) < 4.78 is 34.3. The van der Waals surface area contributed by atoms with Crippen LogP contribution in [-0.2, 0) is 6.61 Å². The molecule has 0 atom stereocenters. The average Bonchev–Trinajstić information content (AvgIpc) is 3.30. The van der Waals surface area contributed by atoms with E-state index in [2.05, 4.69) is 5.32 Å². The highest BCUT2D eigenvalue weighted by atomic mass is 19.1. The van der Waals surface area contributed by atoms with Crippen molar-refractivity contribution in [2.75, 3.05) is 12.1 Å². The van der Waals surface area contributed by atoms with E-state index >= 15 is 0 Å². The molecule has 3 aromatic rings. The normalized spacial score (nSPS) is 12.0. The molecular formula is C19H14FNO5. The number of hydrogen-bond acceptors (Lipinski definition) is 5. The summed E-state index contributed by atoms with van der Waals surface area (Å²) in [5.41, 5.74) is 0.569. The molecule has 1 aliphatic heterocycles. The molecule has 7 heteroatoms. The van der Waals surface area contributed by atoms with Crippen LogP contribution in [0.3, 0.4) is 0 Å². The third-order valence-corrected chi connectivity index (χ3v) is 3.71. The van der Waals surface area contributed by atoms with Crippen LogP contribution in [0.4, 0.5) is 10.1 Å². The van der Waals surface area contributed by atoms with Crippen LogP contribution in [0.2, 0.25) is 0 Å². The second kappa shape index (κ2) is 6.79. The van der Waals surface area contributed by atoms with E-state index in [0.29, 0.717) is 28.7 Å². The Bertz CT molecular complexity index is 935. The summed E-state index contributed by atoms with van der Waals surface area (Å²) in [6.45, 7) is 0.297. The van der Waals surface area contributed by atoms with Gasteiger partial charge in [-0.15, -0.1) is 0 Å². The molecule has 2 heterocycles. The van der Waals surface area contributed by atoms with Crippen molar-refractivity contribution in [1.82, 2.24) is 0 Å². The van der Waals surface area contributed by atoms with Crippen molar-refractivity contribution in [3.05, 3.63) is 71.9 Å². The van der Waals surface area contributed by atoms with E-state index in [1.807, 2.05) is 0 Å². The molecular weight excluding hydrogens is 341 g/mol. The minimum atomic E-state index is -0.392. The molecule has 132 valence electrons. The van der Waals surface area contributed by atoms with Gasteiger partial charge in [0.15, 0.2) is 17.3 Å². The zero-order valence-corrected chi connectivity index (χ0v) is 13.5. The number of furan rings is 1. The second-order valence-electron chi connectivity index (χ2n) is 5.53. The lowest BCUT2D eigenvalue weighted by molar-refractivity contribution is 0.0992. The number of ether oxygens (including phenoxy) is 3. The van der Waals surface area contributed by atoms with E-state index in [1.54, 1.807) is 30.3 Å². The minimum absolute atomic E-state index is 0.128. The summed E-state index contributed by atoms with van der Waals surface area (Å²) >= 11 is 0. The highest BCUT2D eigenvalue weighted by Gasteiger charge is 2.16. The van der Waals surface area contributed by atoms with E-state index in [4.69, 9.17) is 18.6 Å². The zero-order chi connectivity index (χ0) is 17.9. The fourth-order valence-corrected chi connectivity index (χ4v) is 2.43. The van der Waals surface area contributed by atoms with Crippen LogP contribution in [0.15, 0.2) is 59.0 Å². The molecule has 1 amide bonds. The number of carbonyl (C=O) groups excluding carboxylic acids is 1. The van der Waals surface area contributed by atoms with Crippen molar-refractivity contribution in [3.63, 3.8) is 0 Å². The van der Waals surface area contributed by atoms with Crippen molar-refractivity contribution in [1.29, 1.82) is 0 Å². The van der Waals surface area contributed by atoms with Gasteiger partial charge in [0.05, 0.1) is 0 Å². The van der Waals surface area contributed by atoms with Gasteiger partial charge in [-0.1, -0.05) is 0 Å². The molecule has 0 aliphatic carbocycles. The Hall–Kier alpha value is -3.48. The van der Waals surface area contributed by atoms with Crippen LogP contribution >= 0.6 is 0 Å². The first kappa shape index (κ1) is 16.0. The zero-order valence-electron chi connectivity index (χ0n) is 13.5. The van der Waals surface area contributed by atoms with Crippen molar-refractivity contribution < 1.29 is 27.8 Å².